The number of carbonyl (C=O) groups is 1. The number of ether oxygens (including phenoxy) is 1. The second-order valence-corrected chi connectivity index (χ2v) is 5.82. The zero-order valence-electron chi connectivity index (χ0n) is 11.9. The number of hydrogen-bond donors (Lipinski definition) is 2. The number of nitrogens with zero attached hydrogens (tertiary/aromatic N) is 1. The molecule has 5 heteroatoms. The normalized spacial score (nSPS) is 32.4. The molecule has 110 valence electrons. The van der Waals surface area contributed by atoms with Gasteiger partial charge in [-0.1, -0.05) is 0 Å². The monoisotopic (exact) mass is 269 g/mol. The van der Waals surface area contributed by atoms with Crippen molar-refractivity contribution in [2.75, 3.05) is 32.7 Å². The first kappa shape index (κ1) is 14.8. The summed E-state index contributed by atoms with van der Waals surface area (Å²) in [6.45, 7) is 6.17. The van der Waals surface area contributed by atoms with Crippen LogP contribution in [0.2, 0.25) is 0 Å². The predicted octanol–water partition coefficient (Wildman–Crippen LogP) is 0.341. The van der Waals surface area contributed by atoms with E-state index in [2.05, 4.69) is 17.1 Å². The molecule has 2 fully saturated rings. The lowest BCUT2D eigenvalue weighted by atomic mass is 9.96. The van der Waals surface area contributed by atoms with Gasteiger partial charge in [-0.3, -0.25) is 9.69 Å². The molecule has 5 nitrogen and oxygen atoms in total. The summed E-state index contributed by atoms with van der Waals surface area (Å²) in [5.74, 6) is 0.287. The van der Waals surface area contributed by atoms with Gasteiger partial charge in [-0.05, 0) is 39.2 Å². The van der Waals surface area contributed by atoms with E-state index in [1.807, 2.05) is 0 Å². The molecule has 2 aliphatic rings. The number of amides is 1. The highest BCUT2D eigenvalue weighted by Gasteiger charge is 2.29. The van der Waals surface area contributed by atoms with Crippen LogP contribution in [0, 0.1) is 5.92 Å². The van der Waals surface area contributed by atoms with Crippen molar-refractivity contribution in [3.05, 3.63) is 0 Å². The average molecular weight is 269 g/mol. The van der Waals surface area contributed by atoms with Crippen molar-refractivity contribution >= 4 is 5.91 Å². The minimum atomic E-state index is 0.124. The topological polar surface area (TPSA) is 67.6 Å². The Morgan fingerprint density at radius 3 is 2.95 bits per heavy atom. The Balaban J connectivity index is 1.75. The van der Waals surface area contributed by atoms with Crippen LogP contribution >= 0.6 is 0 Å². The summed E-state index contributed by atoms with van der Waals surface area (Å²) >= 11 is 0. The summed E-state index contributed by atoms with van der Waals surface area (Å²) in [6.07, 6.45) is 5.18. The van der Waals surface area contributed by atoms with Crippen LogP contribution in [-0.4, -0.2) is 55.7 Å². The number of piperidine rings is 1. The van der Waals surface area contributed by atoms with Crippen LogP contribution in [0.5, 0.6) is 0 Å². The lowest BCUT2D eigenvalue weighted by Crippen LogP contribution is -2.46. The van der Waals surface area contributed by atoms with Crippen molar-refractivity contribution in [3.63, 3.8) is 0 Å². The Morgan fingerprint density at radius 2 is 2.26 bits per heavy atom. The number of nitrogens with two attached hydrogens (primary N) is 1. The molecule has 3 atom stereocenters. The molecule has 2 aliphatic heterocycles. The van der Waals surface area contributed by atoms with Gasteiger partial charge >= 0.3 is 0 Å². The molecule has 0 spiro atoms. The first-order valence-corrected chi connectivity index (χ1v) is 7.54. The molecule has 0 bridgehead atoms. The highest BCUT2D eigenvalue weighted by atomic mass is 16.5. The molecular formula is C14H27N3O2. The number of carbonyl (C=O) groups excluding carboxylic acids is 1. The third-order valence-electron chi connectivity index (χ3n) is 4.10. The van der Waals surface area contributed by atoms with Crippen LogP contribution in [-0.2, 0) is 9.53 Å². The van der Waals surface area contributed by atoms with Gasteiger partial charge in [0.05, 0.1) is 18.1 Å². The van der Waals surface area contributed by atoms with E-state index in [1.54, 1.807) is 0 Å². The maximum atomic E-state index is 12.0. The minimum Gasteiger partial charge on any atom is -0.374 e. The van der Waals surface area contributed by atoms with Crippen molar-refractivity contribution in [3.8, 4) is 0 Å². The smallest absolute Gasteiger partial charge is 0.224 e. The summed E-state index contributed by atoms with van der Waals surface area (Å²) in [7, 11) is 0. The average Bonchev–Trinajstić information content (AvgIpc) is 2.81. The van der Waals surface area contributed by atoms with E-state index in [0.717, 1.165) is 38.9 Å². The van der Waals surface area contributed by atoms with Crippen LogP contribution in [0.1, 0.15) is 32.6 Å². The third-order valence-corrected chi connectivity index (χ3v) is 4.10. The molecular weight excluding hydrogens is 242 g/mol. The Morgan fingerprint density at radius 1 is 1.42 bits per heavy atom. The molecule has 0 saturated carbocycles. The molecule has 0 aromatic carbocycles. The lowest BCUT2D eigenvalue weighted by molar-refractivity contribution is -0.126. The molecule has 0 aromatic rings. The van der Waals surface area contributed by atoms with Gasteiger partial charge in [0.15, 0.2) is 0 Å². The molecule has 2 rings (SSSR count). The van der Waals surface area contributed by atoms with Crippen molar-refractivity contribution in [2.24, 2.45) is 11.7 Å². The van der Waals surface area contributed by atoms with Gasteiger partial charge in [0, 0.05) is 26.2 Å². The number of rotatable bonds is 5. The fraction of sp³-hybridized carbons (Fsp3) is 0.929. The van der Waals surface area contributed by atoms with E-state index in [1.165, 1.54) is 6.42 Å². The maximum Gasteiger partial charge on any atom is 0.224 e. The quantitative estimate of drug-likeness (QED) is 0.755. The summed E-state index contributed by atoms with van der Waals surface area (Å²) in [4.78, 5) is 14.4. The number of likely N-dealkylation sites (tertiary alicyclic amines) is 1. The van der Waals surface area contributed by atoms with Gasteiger partial charge in [0.1, 0.15) is 0 Å². The van der Waals surface area contributed by atoms with Crippen LogP contribution in [0.3, 0.4) is 0 Å². The van der Waals surface area contributed by atoms with Gasteiger partial charge in [0.25, 0.3) is 0 Å². The fourth-order valence-corrected chi connectivity index (χ4v) is 3.08. The number of nitrogens with one attached hydrogen (secondary N) is 1. The summed E-state index contributed by atoms with van der Waals surface area (Å²) in [5, 5.41) is 2.90. The molecule has 2 heterocycles. The molecule has 0 aliphatic carbocycles. The lowest BCUT2D eigenvalue weighted by Gasteiger charge is -2.33. The van der Waals surface area contributed by atoms with Crippen molar-refractivity contribution < 1.29 is 9.53 Å². The van der Waals surface area contributed by atoms with E-state index in [0.29, 0.717) is 25.3 Å². The first-order chi connectivity index (χ1) is 9.19. The fourth-order valence-electron chi connectivity index (χ4n) is 3.08. The van der Waals surface area contributed by atoms with Crippen molar-refractivity contribution in [2.45, 2.75) is 44.8 Å². The van der Waals surface area contributed by atoms with E-state index < -0.39 is 0 Å². The van der Waals surface area contributed by atoms with Gasteiger partial charge in [-0.15, -0.1) is 0 Å². The first-order valence-electron chi connectivity index (χ1n) is 7.54. The molecule has 0 aromatic heterocycles. The Hall–Kier alpha value is -0.650. The Labute approximate surface area is 115 Å². The van der Waals surface area contributed by atoms with E-state index >= 15 is 0 Å². The zero-order chi connectivity index (χ0) is 13.7. The molecule has 1 amide bonds. The zero-order valence-corrected chi connectivity index (χ0v) is 11.9. The van der Waals surface area contributed by atoms with Crippen LogP contribution in [0.4, 0.5) is 0 Å². The third kappa shape index (κ3) is 4.44. The van der Waals surface area contributed by atoms with Gasteiger partial charge in [0.2, 0.25) is 5.91 Å². The largest absolute Gasteiger partial charge is 0.374 e. The maximum absolute atomic E-state index is 12.0. The van der Waals surface area contributed by atoms with Crippen molar-refractivity contribution in [1.29, 1.82) is 0 Å². The van der Waals surface area contributed by atoms with Crippen LogP contribution in [0.25, 0.3) is 0 Å². The minimum absolute atomic E-state index is 0.124. The van der Waals surface area contributed by atoms with E-state index in [4.69, 9.17) is 10.5 Å². The Bertz CT molecular complexity index is 298. The molecule has 3 N–H and O–H groups in total. The molecule has 2 saturated heterocycles. The second-order valence-electron chi connectivity index (χ2n) is 5.82. The van der Waals surface area contributed by atoms with E-state index in [-0.39, 0.29) is 11.8 Å². The SMILES string of the molecule is CC1CCC(CN2CCCC(C(=O)NCCN)C2)O1. The number of hydrogen-bond acceptors (Lipinski definition) is 4. The van der Waals surface area contributed by atoms with Crippen molar-refractivity contribution in [1.82, 2.24) is 10.2 Å². The molecule has 3 unspecified atom stereocenters. The molecule has 0 radical (unpaired) electrons. The summed E-state index contributed by atoms with van der Waals surface area (Å²) < 4.78 is 5.87. The highest BCUT2D eigenvalue weighted by Crippen LogP contribution is 2.23. The highest BCUT2D eigenvalue weighted by molar-refractivity contribution is 5.78. The van der Waals surface area contributed by atoms with Crippen LogP contribution in [0.15, 0.2) is 0 Å². The summed E-state index contributed by atoms with van der Waals surface area (Å²) in [5.41, 5.74) is 5.41. The van der Waals surface area contributed by atoms with E-state index in [9.17, 15) is 4.79 Å². The second kappa shape index (κ2) is 7.22. The Kier molecular flexibility index (Phi) is 5.60. The van der Waals surface area contributed by atoms with Gasteiger partial charge in [-0.2, -0.15) is 0 Å². The summed E-state index contributed by atoms with van der Waals surface area (Å²) in [6, 6.07) is 0. The predicted molar refractivity (Wildman–Crippen MR) is 74.8 cm³/mol. The van der Waals surface area contributed by atoms with Crippen LogP contribution < -0.4 is 11.1 Å². The van der Waals surface area contributed by atoms with Gasteiger partial charge < -0.3 is 15.8 Å². The molecule has 19 heavy (non-hydrogen) atoms. The standard InChI is InChI=1S/C14H27N3O2/c1-11-4-5-13(19-11)10-17-8-2-3-12(9-17)14(18)16-7-6-15/h11-13H,2-10,15H2,1H3,(H,16,18). The van der Waals surface area contributed by atoms with Gasteiger partial charge in [-0.25, -0.2) is 0 Å².